The smallest absolute Gasteiger partial charge is 0.258 e. The van der Waals surface area contributed by atoms with E-state index in [9.17, 15) is 14.0 Å². The van der Waals surface area contributed by atoms with Crippen LogP contribution >= 0.6 is 0 Å². The van der Waals surface area contributed by atoms with Crippen LogP contribution in [0, 0.1) is 0 Å². The largest absolute Gasteiger partial charge is 0.497 e. The van der Waals surface area contributed by atoms with E-state index in [-0.39, 0.29) is 11.5 Å². The van der Waals surface area contributed by atoms with Crippen LogP contribution in [-0.4, -0.2) is 46.3 Å². The third-order valence-electron chi connectivity index (χ3n) is 4.25. The number of allylic oxidation sites excluding steroid dienone is 3. The van der Waals surface area contributed by atoms with Gasteiger partial charge in [0.1, 0.15) is 11.5 Å². The molecule has 1 unspecified atom stereocenters. The van der Waals surface area contributed by atoms with Gasteiger partial charge in [-0.1, -0.05) is 0 Å². The molecule has 0 spiro atoms. The zero-order valence-electron chi connectivity index (χ0n) is 17.0. The average Bonchev–Trinajstić information content (AvgIpc) is 2.72. The second-order valence-electron chi connectivity index (χ2n) is 6.15. The van der Waals surface area contributed by atoms with E-state index >= 15 is 0 Å². The van der Waals surface area contributed by atoms with Crippen molar-refractivity contribution in [3.63, 3.8) is 0 Å². The molecule has 0 saturated carbocycles. The summed E-state index contributed by atoms with van der Waals surface area (Å²) >= 11 is 0. The molecule has 1 amide bonds. The Morgan fingerprint density at radius 3 is 2.38 bits per heavy atom. The maximum atomic E-state index is 13.2. The van der Waals surface area contributed by atoms with Crippen molar-refractivity contribution >= 4 is 17.4 Å². The molecule has 0 aliphatic heterocycles. The van der Waals surface area contributed by atoms with Crippen molar-refractivity contribution in [3.05, 3.63) is 58.8 Å². The molecule has 1 aromatic rings. The number of anilines is 1. The van der Waals surface area contributed by atoms with Gasteiger partial charge in [0.15, 0.2) is 23.5 Å². The fraction of sp³-hybridized carbons (Fsp3) is 0.333. The molecule has 0 bridgehead atoms. The summed E-state index contributed by atoms with van der Waals surface area (Å²) < 4.78 is 34.3. The van der Waals surface area contributed by atoms with E-state index in [0.717, 1.165) is 6.92 Å². The summed E-state index contributed by atoms with van der Waals surface area (Å²) in [6.07, 6.45) is 1.78. The topological polar surface area (TPSA) is 83.1 Å². The molecule has 29 heavy (non-hydrogen) atoms. The first kappa shape index (κ1) is 22.0. The van der Waals surface area contributed by atoms with Crippen LogP contribution in [0.4, 0.5) is 10.1 Å². The predicted molar refractivity (Wildman–Crippen MR) is 105 cm³/mol. The maximum Gasteiger partial charge on any atom is 0.258 e. The van der Waals surface area contributed by atoms with Crippen LogP contribution in [0.25, 0.3) is 0 Å². The van der Waals surface area contributed by atoms with Crippen LogP contribution in [0.15, 0.2) is 53.2 Å². The Morgan fingerprint density at radius 2 is 1.83 bits per heavy atom. The lowest BCUT2D eigenvalue weighted by Crippen LogP contribution is -2.21. The zero-order valence-corrected chi connectivity index (χ0v) is 17.0. The number of carbonyl (C=O) groups excluding carboxylic acids is 2. The van der Waals surface area contributed by atoms with E-state index in [1.165, 1.54) is 46.6 Å². The molecule has 8 heteroatoms. The summed E-state index contributed by atoms with van der Waals surface area (Å²) in [4.78, 5) is 24.4. The first-order valence-electron chi connectivity index (χ1n) is 8.79. The molecule has 0 heterocycles. The van der Waals surface area contributed by atoms with Crippen LogP contribution in [0.5, 0.6) is 5.75 Å². The summed E-state index contributed by atoms with van der Waals surface area (Å²) in [7, 11) is 5.93. The van der Waals surface area contributed by atoms with Gasteiger partial charge in [-0.25, -0.2) is 4.39 Å². The minimum atomic E-state index is -1.70. The monoisotopic (exact) mass is 405 g/mol. The summed E-state index contributed by atoms with van der Waals surface area (Å²) in [6, 6.07) is 4.53. The first-order valence-corrected chi connectivity index (χ1v) is 8.79. The lowest BCUT2D eigenvalue weighted by Gasteiger charge is -2.20. The Hall–Kier alpha value is -3.29. The quantitative estimate of drug-likeness (QED) is 0.526. The van der Waals surface area contributed by atoms with Crippen LogP contribution in [0.3, 0.4) is 0 Å². The maximum absolute atomic E-state index is 13.2. The number of rotatable bonds is 8. The minimum Gasteiger partial charge on any atom is -0.497 e. The molecule has 1 aliphatic rings. The normalized spacial score (nSPS) is 16.1. The second-order valence-corrected chi connectivity index (χ2v) is 6.15. The number of alkyl halides is 1. The molecule has 1 atom stereocenters. The average molecular weight is 405 g/mol. The molecule has 0 saturated heterocycles. The number of carbonyl (C=O) groups is 2. The van der Waals surface area contributed by atoms with Crippen molar-refractivity contribution in [2.75, 3.05) is 33.8 Å². The second kappa shape index (κ2) is 9.77. The van der Waals surface area contributed by atoms with Crippen molar-refractivity contribution in [1.82, 2.24) is 0 Å². The summed E-state index contributed by atoms with van der Waals surface area (Å²) in [5.41, 5.74) is 1.17. The Balaban J connectivity index is 2.34. The number of hydrogen-bond acceptors (Lipinski definition) is 6. The van der Waals surface area contributed by atoms with Crippen molar-refractivity contribution in [2.24, 2.45) is 0 Å². The van der Waals surface area contributed by atoms with E-state index in [1.54, 1.807) is 12.1 Å². The minimum absolute atomic E-state index is 0.210. The molecule has 0 fully saturated rings. The summed E-state index contributed by atoms with van der Waals surface area (Å²) in [5, 5.41) is 2.42. The number of hydrogen-bond donors (Lipinski definition) is 1. The predicted octanol–water partition coefficient (Wildman–Crippen LogP) is 3.54. The number of halogens is 1. The number of benzene rings is 1. The molecular weight excluding hydrogens is 381 g/mol. The highest BCUT2D eigenvalue weighted by molar-refractivity contribution is 6.07. The molecule has 7 nitrogen and oxygen atoms in total. The van der Waals surface area contributed by atoms with Gasteiger partial charge in [-0.15, -0.1) is 0 Å². The molecule has 1 N–H and O–H groups in total. The first-order chi connectivity index (χ1) is 13.8. The van der Waals surface area contributed by atoms with Gasteiger partial charge < -0.3 is 24.3 Å². The molecule has 0 aromatic heterocycles. The number of methoxy groups -OCH3 is 4. The van der Waals surface area contributed by atoms with Gasteiger partial charge >= 0.3 is 0 Å². The molecule has 2 rings (SSSR count). The summed E-state index contributed by atoms with van der Waals surface area (Å²) in [6.45, 7) is 1.12. The van der Waals surface area contributed by atoms with Gasteiger partial charge in [0, 0.05) is 12.0 Å². The van der Waals surface area contributed by atoms with Crippen molar-refractivity contribution in [3.8, 4) is 5.75 Å². The molecule has 156 valence electrons. The molecule has 1 aliphatic carbocycles. The van der Waals surface area contributed by atoms with Gasteiger partial charge in [0.25, 0.3) is 5.91 Å². The Labute approximate surface area is 168 Å². The molecule has 0 radical (unpaired) electrons. The number of ketones is 1. The van der Waals surface area contributed by atoms with E-state index < -0.39 is 12.1 Å². The third kappa shape index (κ3) is 5.16. The molecule has 1 aromatic carbocycles. The fourth-order valence-corrected chi connectivity index (χ4v) is 2.75. The fourth-order valence-electron chi connectivity index (χ4n) is 2.75. The van der Waals surface area contributed by atoms with E-state index in [1.807, 2.05) is 0 Å². The highest BCUT2D eigenvalue weighted by Crippen LogP contribution is 2.31. The van der Waals surface area contributed by atoms with Gasteiger partial charge in [0.05, 0.1) is 34.1 Å². The van der Waals surface area contributed by atoms with Gasteiger partial charge in [-0.05, 0) is 42.8 Å². The van der Waals surface area contributed by atoms with Crippen LogP contribution in [0.2, 0.25) is 0 Å². The van der Waals surface area contributed by atoms with E-state index in [2.05, 4.69) is 5.32 Å². The van der Waals surface area contributed by atoms with E-state index in [0.29, 0.717) is 40.6 Å². The van der Waals surface area contributed by atoms with E-state index in [4.69, 9.17) is 18.9 Å². The van der Waals surface area contributed by atoms with Gasteiger partial charge in [-0.2, -0.15) is 0 Å². The van der Waals surface area contributed by atoms with Crippen molar-refractivity contribution in [1.29, 1.82) is 0 Å². The Kier molecular flexibility index (Phi) is 7.41. The SMILES string of the molecule is COC1=CC(=CC(=O)c2ccc(OC)c(NC(=O)C(C)F)c2)CC(OC)=C1OC. The standard InChI is InChI=1S/C21H24FNO6/c1-12(22)21(25)23-15-11-14(6-7-17(15)26-2)16(24)8-13-9-18(27-3)20(29-5)19(10-13)28-4/h6-9,11-12H,10H2,1-5H3,(H,23,25). The lowest BCUT2D eigenvalue weighted by molar-refractivity contribution is -0.120. The Bertz CT molecular complexity index is 885. The number of nitrogens with one attached hydrogen (secondary N) is 1. The molecular formula is C21H24FNO6. The number of amides is 1. The van der Waals surface area contributed by atoms with Crippen LogP contribution < -0.4 is 10.1 Å². The van der Waals surface area contributed by atoms with Crippen LogP contribution in [0.1, 0.15) is 23.7 Å². The highest BCUT2D eigenvalue weighted by atomic mass is 19.1. The lowest BCUT2D eigenvalue weighted by atomic mass is 9.99. The van der Waals surface area contributed by atoms with Gasteiger partial charge in [0.2, 0.25) is 0 Å². The summed E-state index contributed by atoms with van der Waals surface area (Å²) in [5.74, 6) is 0.619. The number of ether oxygens (including phenoxy) is 4. The third-order valence-corrected chi connectivity index (χ3v) is 4.25. The van der Waals surface area contributed by atoms with Crippen molar-refractivity contribution in [2.45, 2.75) is 19.5 Å². The Morgan fingerprint density at radius 1 is 1.10 bits per heavy atom. The zero-order chi connectivity index (χ0) is 21.6. The van der Waals surface area contributed by atoms with Crippen molar-refractivity contribution < 1.29 is 32.9 Å². The van der Waals surface area contributed by atoms with Crippen LogP contribution in [-0.2, 0) is 19.0 Å². The highest BCUT2D eigenvalue weighted by Gasteiger charge is 2.22. The van der Waals surface area contributed by atoms with Gasteiger partial charge in [-0.3, -0.25) is 9.59 Å².